The molecule has 0 aliphatic carbocycles. The lowest BCUT2D eigenvalue weighted by molar-refractivity contribution is 0.403. The molecule has 0 fully saturated rings. The van der Waals surface area contributed by atoms with Gasteiger partial charge in [0, 0.05) is 21.8 Å². The number of para-hydroxylation sites is 1. The van der Waals surface area contributed by atoms with E-state index in [4.69, 9.17) is 4.74 Å². The first-order valence-electron chi connectivity index (χ1n) is 7.60. The minimum Gasteiger partial charge on any atom is -0.496 e. The van der Waals surface area contributed by atoms with Crippen LogP contribution in [0.5, 0.6) is 5.75 Å². The van der Waals surface area contributed by atoms with Gasteiger partial charge < -0.3 is 10.1 Å². The Labute approximate surface area is 132 Å². The van der Waals surface area contributed by atoms with E-state index in [-0.39, 0.29) is 0 Å². The van der Waals surface area contributed by atoms with Crippen LogP contribution in [0.1, 0.15) is 42.1 Å². The fourth-order valence-electron chi connectivity index (χ4n) is 2.59. The number of thiophene rings is 1. The summed E-state index contributed by atoms with van der Waals surface area (Å²) in [6.07, 6.45) is 2.09. The van der Waals surface area contributed by atoms with Crippen LogP contribution in [0.2, 0.25) is 0 Å². The van der Waals surface area contributed by atoms with Crippen LogP contribution in [0, 0.1) is 0 Å². The molecule has 3 heteroatoms. The minimum absolute atomic E-state index is 0.389. The molecule has 1 aromatic carbocycles. The second-order valence-corrected chi connectivity index (χ2v) is 6.66. The highest BCUT2D eigenvalue weighted by molar-refractivity contribution is 7.12. The summed E-state index contributed by atoms with van der Waals surface area (Å²) in [4.78, 5) is 2.87. The minimum atomic E-state index is 0.389. The Bertz CT molecular complexity index is 564. The molecule has 0 saturated carbocycles. The van der Waals surface area contributed by atoms with Crippen LogP contribution in [-0.4, -0.2) is 13.2 Å². The average Bonchev–Trinajstić information content (AvgIpc) is 2.96. The molecule has 2 rings (SSSR count). The molecule has 21 heavy (non-hydrogen) atoms. The number of aryl methyl sites for hydroxylation is 1. The summed E-state index contributed by atoms with van der Waals surface area (Å²) in [5.41, 5.74) is 1.26. The van der Waals surface area contributed by atoms with E-state index in [1.54, 1.807) is 7.11 Å². The van der Waals surface area contributed by atoms with Gasteiger partial charge in [-0.3, -0.25) is 0 Å². The predicted octanol–water partition coefficient (Wildman–Crippen LogP) is 4.60. The van der Waals surface area contributed by atoms with Gasteiger partial charge in [0.15, 0.2) is 0 Å². The zero-order valence-electron chi connectivity index (χ0n) is 13.3. The van der Waals surface area contributed by atoms with Gasteiger partial charge in [0.25, 0.3) is 0 Å². The zero-order valence-corrected chi connectivity index (χ0v) is 14.2. The largest absolute Gasteiger partial charge is 0.496 e. The van der Waals surface area contributed by atoms with Crippen molar-refractivity contribution in [2.45, 2.75) is 45.7 Å². The first kappa shape index (κ1) is 16.1. The van der Waals surface area contributed by atoms with Crippen LogP contribution in [0.15, 0.2) is 36.4 Å². The van der Waals surface area contributed by atoms with Crippen LogP contribution >= 0.6 is 11.3 Å². The van der Waals surface area contributed by atoms with Gasteiger partial charge in [-0.2, -0.15) is 0 Å². The molecule has 0 bridgehead atoms. The van der Waals surface area contributed by atoms with Crippen LogP contribution < -0.4 is 10.1 Å². The molecule has 2 nitrogen and oxygen atoms in total. The zero-order chi connectivity index (χ0) is 15.2. The molecular weight excluding hydrogens is 278 g/mol. The molecule has 2 atom stereocenters. The molecule has 0 saturated heterocycles. The Kier molecular flexibility index (Phi) is 5.83. The third kappa shape index (κ3) is 4.32. The van der Waals surface area contributed by atoms with Gasteiger partial charge in [0.2, 0.25) is 0 Å². The summed E-state index contributed by atoms with van der Waals surface area (Å²) >= 11 is 1.91. The highest BCUT2D eigenvalue weighted by atomic mass is 32.1. The number of rotatable bonds is 7. The van der Waals surface area contributed by atoms with Gasteiger partial charge in [-0.15, -0.1) is 11.3 Å². The first-order valence-corrected chi connectivity index (χ1v) is 8.42. The Morgan fingerprint density at radius 2 is 1.90 bits per heavy atom. The van der Waals surface area contributed by atoms with Crippen LogP contribution in [0.4, 0.5) is 0 Å². The van der Waals surface area contributed by atoms with E-state index in [0.29, 0.717) is 12.1 Å². The van der Waals surface area contributed by atoms with Crippen LogP contribution in [-0.2, 0) is 12.8 Å². The van der Waals surface area contributed by atoms with Gasteiger partial charge in [-0.05, 0) is 50.5 Å². The van der Waals surface area contributed by atoms with Crippen LogP contribution in [0.3, 0.4) is 0 Å². The number of hydrogen-bond donors (Lipinski definition) is 1. The van der Waals surface area contributed by atoms with Gasteiger partial charge in [-0.25, -0.2) is 0 Å². The van der Waals surface area contributed by atoms with Crippen molar-refractivity contribution in [1.29, 1.82) is 0 Å². The summed E-state index contributed by atoms with van der Waals surface area (Å²) in [6, 6.07) is 13.5. The molecule has 2 unspecified atom stereocenters. The normalized spacial score (nSPS) is 13.9. The lowest BCUT2D eigenvalue weighted by atomic mass is 10.1. The molecule has 0 amide bonds. The highest BCUT2D eigenvalue weighted by Crippen LogP contribution is 2.25. The molecule has 0 aliphatic heterocycles. The van der Waals surface area contributed by atoms with Crippen molar-refractivity contribution in [3.8, 4) is 5.75 Å². The summed E-state index contributed by atoms with van der Waals surface area (Å²) in [7, 11) is 1.73. The van der Waals surface area contributed by atoms with Crippen LogP contribution in [0.25, 0.3) is 0 Å². The maximum Gasteiger partial charge on any atom is 0.122 e. The molecular formula is C18H25NOS. The molecule has 1 heterocycles. The summed E-state index contributed by atoms with van der Waals surface area (Å²) in [6.45, 7) is 6.68. The van der Waals surface area contributed by atoms with E-state index in [2.05, 4.69) is 50.4 Å². The number of benzene rings is 1. The second-order valence-electron chi connectivity index (χ2n) is 5.46. The van der Waals surface area contributed by atoms with E-state index in [0.717, 1.165) is 18.6 Å². The topological polar surface area (TPSA) is 21.3 Å². The highest BCUT2D eigenvalue weighted by Gasteiger charge is 2.13. The molecule has 114 valence electrons. The van der Waals surface area contributed by atoms with Crippen molar-refractivity contribution in [3.05, 3.63) is 51.7 Å². The monoisotopic (exact) mass is 303 g/mol. The third-order valence-corrected chi connectivity index (χ3v) is 5.12. The average molecular weight is 303 g/mol. The number of hydrogen-bond acceptors (Lipinski definition) is 3. The fourth-order valence-corrected chi connectivity index (χ4v) is 3.55. The molecule has 1 N–H and O–H groups in total. The van der Waals surface area contributed by atoms with E-state index < -0.39 is 0 Å². The molecule has 0 radical (unpaired) electrons. The SMILES string of the molecule is CCc1ccc(C(C)NC(C)Cc2ccccc2OC)s1. The van der Waals surface area contributed by atoms with Gasteiger partial charge in [-0.1, -0.05) is 25.1 Å². The van der Waals surface area contributed by atoms with Crippen molar-refractivity contribution < 1.29 is 4.74 Å². The fraction of sp³-hybridized carbons (Fsp3) is 0.444. The first-order chi connectivity index (χ1) is 10.1. The molecule has 2 aromatic rings. The summed E-state index contributed by atoms with van der Waals surface area (Å²) in [5.74, 6) is 0.975. The third-order valence-electron chi connectivity index (χ3n) is 3.71. The Hall–Kier alpha value is -1.32. The van der Waals surface area contributed by atoms with Gasteiger partial charge in [0.05, 0.1) is 7.11 Å². The molecule has 0 aliphatic rings. The summed E-state index contributed by atoms with van der Waals surface area (Å²) in [5, 5.41) is 3.69. The van der Waals surface area contributed by atoms with Crippen molar-refractivity contribution in [2.75, 3.05) is 7.11 Å². The van der Waals surface area contributed by atoms with Crippen molar-refractivity contribution in [1.82, 2.24) is 5.32 Å². The Morgan fingerprint density at radius 1 is 1.14 bits per heavy atom. The lowest BCUT2D eigenvalue weighted by Crippen LogP contribution is -2.30. The van der Waals surface area contributed by atoms with Gasteiger partial charge in [0.1, 0.15) is 5.75 Å². The summed E-state index contributed by atoms with van der Waals surface area (Å²) < 4.78 is 5.43. The molecule has 1 aromatic heterocycles. The maximum atomic E-state index is 5.43. The number of ether oxygens (including phenoxy) is 1. The predicted molar refractivity (Wildman–Crippen MR) is 91.4 cm³/mol. The van der Waals surface area contributed by atoms with Crippen molar-refractivity contribution in [2.24, 2.45) is 0 Å². The quantitative estimate of drug-likeness (QED) is 0.807. The van der Waals surface area contributed by atoms with E-state index in [1.165, 1.54) is 15.3 Å². The maximum absolute atomic E-state index is 5.43. The number of methoxy groups -OCH3 is 1. The molecule has 0 spiro atoms. The van der Waals surface area contributed by atoms with E-state index >= 15 is 0 Å². The second kappa shape index (κ2) is 7.62. The Balaban J connectivity index is 1.96. The van der Waals surface area contributed by atoms with Crippen molar-refractivity contribution in [3.63, 3.8) is 0 Å². The van der Waals surface area contributed by atoms with E-state index in [1.807, 2.05) is 23.5 Å². The van der Waals surface area contributed by atoms with E-state index in [9.17, 15) is 0 Å². The van der Waals surface area contributed by atoms with Gasteiger partial charge >= 0.3 is 0 Å². The lowest BCUT2D eigenvalue weighted by Gasteiger charge is -2.20. The van der Waals surface area contributed by atoms with Crippen molar-refractivity contribution >= 4 is 11.3 Å². The standard InChI is InChI=1S/C18H25NOS/c1-5-16-10-11-18(21-16)14(3)19-13(2)12-15-8-6-7-9-17(15)20-4/h6-11,13-14,19H,5,12H2,1-4H3. The smallest absolute Gasteiger partial charge is 0.122 e. The number of nitrogens with one attached hydrogen (secondary N) is 1. The Morgan fingerprint density at radius 3 is 2.57 bits per heavy atom.